The third kappa shape index (κ3) is 8.46. The second kappa shape index (κ2) is 7.57. The van der Waals surface area contributed by atoms with E-state index >= 15 is 0 Å². The smallest absolute Gasteiger partial charge is 0.202 e. The summed E-state index contributed by atoms with van der Waals surface area (Å²) in [4.78, 5) is 20.1. The van der Waals surface area contributed by atoms with Crippen LogP contribution in [0.2, 0.25) is 0 Å². The summed E-state index contributed by atoms with van der Waals surface area (Å²) in [6, 6.07) is 0. The quantitative estimate of drug-likeness (QED) is 0.262. The van der Waals surface area contributed by atoms with Gasteiger partial charge in [0.05, 0.1) is 0 Å². The van der Waals surface area contributed by atoms with Gasteiger partial charge in [-0.2, -0.15) is 0 Å². The lowest BCUT2D eigenvalue weighted by Crippen LogP contribution is -1.80. The van der Waals surface area contributed by atoms with Crippen LogP contribution in [0.5, 0.6) is 0 Å². The van der Waals surface area contributed by atoms with Gasteiger partial charge < -0.3 is 0 Å². The maximum atomic E-state index is 10.3. The average molecular weight is 162 g/mol. The molecule has 0 aliphatic carbocycles. The van der Waals surface area contributed by atoms with E-state index in [4.69, 9.17) is 0 Å². The fourth-order valence-corrected chi connectivity index (χ4v) is 0.566. The Balaban J connectivity index is 3.41. The number of unbranched alkanes of at least 4 members (excludes halogenated alkanes) is 2. The second-order valence-corrected chi connectivity index (χ2v) is 2.15. The molecule has 0 unspecified atom stereocenters. The average Bonchev–Trinajstić information content (AvgIpc) is 2.02. The van der Waals surface area contributed by atoms with Crippen molar-refractivity contribution in [2.75, 3.05) is 0 Å². The highest BCUT2D eigenvalue weighted by molar-refractivity contribution is 5.93. The molecule has 0 saturated heterocycles. The van der Waals surface area contributed by atoms with Crippen molar-refractivity contribution >= 4 is 12.1 Å². The lowest BCUT2D eigenvalue weighted by molar-refractivity contribution is -0.111. The van der Waals surface area contributed by atoms with Crippen LogP contribution >= 0.6 is 0 Å². The highest BCUT2D eigenvalue weighted by Gasteiger charge is 1.81. The van der Waals surface area contributed by atoms with Gasteiger partial charge in [0.2, 0.25) is 5.78 Å². The Kier molecular flexibility index (Phi) is 6.59. The van der Waals surface area contributed by atoms with Crippen LogP contribution in [0.25, 0.3) is 0 Å². The zero-order chi connectivity index (χ0) is 9.23. The molecule has 0 N–H and O–H groups in total. The fourth-order valence-electron chi connectivity index (χ4n) is 0.566. The molecule has 0 bridgehead atoms. The molecule has 0 fully saturated rings. The SMILES string of the molecule is CC(=O)C#CCCCC#CC=O. The minimum absolute atomic E-state index is 0.117. The third-order valence-corrected chi connectivity index (χ3v) is 1.03. The van der Waals surface area contributed by atoms with E-state index in [0.29, 0.717) is 19.1 Å². The van der Waals surface area contributed by atoms with Gasteiger partial charge in [0.1, 0.15) is 0 Å². The first-order chi connectivity index (χ1) is 5.77. The van der Waals surface area contributed by atoms with Gasteiger partial charge in [-0.3, -0.25) is 9.59 Å². The number of hydrogen-bond acceptors (Lipinski definition) is 2. The normalized spacial score (nSPS) is 7.08. The number of hydrogen-bond donors (Lipinski definition) is 0. The summed E-state index contributed by atoms with van der Waals surface area (Å²) < 4.78 is 0. The molecule has 0 heterocycles. The van der Waals surface area contributed by atoms with Gasteiger partial charge in [0, 0.05) is 19.8 Å². The molecule has 2 heteroatoms. The van der Waals surface area contributed by atoms with E-state index in [1.54, 1.807) is 0 Å². The molecule has 0 atom stereocenters. The fraction of sp³-hybridized carbons (Fsp3) is 0.400. The first-order valence-corrected chi connectivity index (χ1v) is 3.69. The number of rotatable bonds is 2. The maximum Gasteiger partial charge on any atom is 0.202 e. The van der Waals surface area contributed by atoms with Gasteiger partial charge in [0.25, 0.3) is 0 Å². The van der Waals surface area contributed by atoms with Crippen molar-refractivity contribution in [3.63, 3.8) is 0 Å². The van der Waals surface area contributed by atoms with Crippen molar-refractivity contribution in [2.45, 2.75) is 26.2 Å². The molecule has 0 aromatic carbocycles. The molecule has 0 aliphatic rings. The highest BCUT2D eigenvalue weighted by Crippen LogP contribution is 1.90. The molecule has 0 aromatic rings. The molecule has 0 rings (SSSR count). The molecule has 2 nitrogen and oxygen atoms in total. The molecule has 0 aromatic heterocycles. The highest BCUT2D eigenvalue weighted by atomic mass is 16.1. The summed E-state index contributed by atoms with van der Waals surface area (Å²) in [5, 5.41) is 0. The number of ketones is 1. The molecule has 0 radical (unpaired) electrons. The monoisotopic (exact) mass is 162 g/mol. The maximum absolute atomic E-state index is 10.3. The molecule has 0 aliphatic heterocycles. The van der Waals surface area contributed by atoms with Crippen LogP contribution in [-0.4, -0.2) is 12.1 Å². The Morgan fingerprint density at radius 1 is 1.33 bits per heavy atom. The molecule has 0 amide bonds. The summed E-state index contributed by atoms with van der Waals surface area (Å²) in [6.07, 6.45) is 2.70. The summed E-state index contributed by atoms with van der Waals surface area (Å²) in [6.45, 7) is 1.43. The summed E-state index contributed by atoms with van der Waals surface area (Å²) in [5.74, 6) is 9.97. The Bertz CT molecular complexity index is 268. The van der Waals surface area contributed by atoms with E-state index in [-0.39, 0.29) is 5.78 Å². The second-order valence-electron chi connectivity index (χ2n) is 2.15. The van der Waals surface area contributed by atoms with Crippen LogP contribution in [0.15, 0.2) is 0 Å². The third-order valence-electron chi connectivity index (χ3n) is 1.03. The molecular formula is C10H10O2. The predicted octanol–water partition coefficient (Wildman–Crippen LogP) is 0.951. The molecule has 0 saturated carbocycles. The predicted molar refractivity (Wildman–Crippen MR) is 46.1 cm³/mol. The van der Waals surface area contributed by atoms with Crippen molar-refractivity contribution in [1.82, 2.24) is 0 Å². The van der Waals surface area contributed by atoms with Gasteiger partial charge in [-0.15, -0.1) is 0 Å². The van der Waals surface area contributed by atoms with Crippen LogP contribution < -0.4 is 0 Å². The van der Waals surface area contributed by atoms with Crippen molar-refractivity contribution < 1.29 is 9.59 Å². The van der Waals surface area contributed by atoms with E-state index in [0.717, 1.165) is 6.42 Å². The summed E-state index contributed by atoms with van der Waals surface area (Å²) >= 11 is 0. The number of carbonyl (C=O) groups is 2. The van der Waals surface area contributed by atoms with Gasteiger partial charge in [-0.05, 0) is 18.3 Å². The van der Waals surface area contributed by atoms with Gasteiger partial charge in [-0.25, -0.2) is 0 Å². The van der Waals surface area contributed by atoms with Gasteiger partial charge in [0.15, 0.2) is 6.29 Å². The first kappa shape index (κ1) is 10.5. The van der Waals surface area contributed by atoms with E-state index in [2.05, 4.69) is 23.7 Å². The van der Waals surface area contributed by atoms with E-state index < -0.39 is 0 Å². The Morgan fingerprint density at radius 3 is 2.58 bits per heavy atom. The molecule has 0 spiro atoms. The Hall–Kier alpha value is -1.54. The van der Waals surface area contributed by atoms with Crippen molar-refractivity contribution in [1.29, 1.82) is 0 Å². The van der Waals surface area contributed by atoms with Crippen LogP contribution in [-0.2, 0) is 9.59 Å². The summed E-state index contributed by atoms with van der Waals surface area (Å²) in [7, 11) is 0. The zero-order valence-electron chi connectivity index (χ0n) is 7.02. The molecule has 62 valence electrons. The first-order valence-electron chi connectivity index (χ1n) is 3.69. The zero-order valence-corrected chi connectivity index (χ0v) is 7.02. The number of carbonyl (C=O) groups excluding carboxylic acids is 2. The van der Waals surface area contributed by atoms with Crippen LogP contribution in [0.4, 0.5) is 0 Å². The van der Waals surface area contributed by atoms with Crippen molar-refractivity contribution in [3.8, 4) is 23.7 Å². The van der Waals surface area contributed by atoms with Crippen LogP contribution in [0, 0.1) is 23.7 Å². The van der Waals surface area contributed by atoms with Crippen LogP contribution in [0.1, 0.15) is 26.2 Å². The summed E-state index contributed by atoms with van der Waals surface area (Å²) in [5.41, 5.74) is 0. The lowest BCUT2D eigenvalue weighted by Gasteiger charge is -1.82. The Morgan fingerprint density at radius 2 is 2.00 bits per heavy atom. The topological polar surface area (TPSA) is 34.1 Å². The molecular weight excluding hydrogens is 152 g/mol. The minimum atomic E-state index is -0.117. The minimum Gasteiger partial charge on any atom is -0.289 e. The lowest BCUT2D eigenvalue weighted by atomic mass is 10.2. The van der Waals surface area contributed by atoms with Gasteiger partial charge >= 0.3 is 0 Å². The number of aldehydes is 1. The van der Waals surface area contributed by atoms with Crippen LogP contribution in [0.3, 0.4) is 0 Å². The van der Waals surface area contributed by atoms with Gasteiger partial charge in [-0.1, -0.05) is 11.8 Å². The Labute approximate surface area is 72.3 Å². The standard InChI is InChI=1S/C10H10O2/c1-10(12)8-6-4-2-3-5-7-9-11/h9H,2-4H2,1H3. The van der Waals surface area contributed by atoms with E-state index in [1.165, 1.54) is 6.92 Å². The molecule has 12 heavy (non-hydrogen) atoms. The van der Waals surface area contributed by atoms with E-state index in [9.17, 15) is 9.59 Å². The van der Waals surface area contributed by atoms with E-state index in [1.807, 2.05) is 0 Å². The largest absolute Gasteiger partial charge is 0.289 e. The number of Topliss-reactive ketones (excluding diaryl/α,β-unsaturated/α-hetero) is 1. The van der Waals surface area contributed by atoms with Crippen molar-refractivity contribution in [2.24, 2.45) is 0 Å². The van der Waals surface area contributed by atoms with Crippen molar-refractivity contribution in [3.05, 3.63) is 0 Å².